The summed E-state index contributed by atoms with van der Waals surface area (Å²) in [5, 5.41) is 7.99. The van der Waals surface area contributed by atoms with Crippen LogP contribution in [-0.4, -0.2) is 78.5 Å². The topological polar surface area (TPSA) is 53.6 Å². The standard InChI is InChI=1S/C27H32F4N4O2/c1-16-8-20-19(4-5-23-21(20)12-32-33-23)26(35(16)15-27(2,30)31)25-22(29)9-18(10-24(25)36-3)37-7-6-34-13-17(11-28)14-34/h4-5,9-10,12,16-17,26H,6-8,11,13-15H2,1-3H3,(H,32,33)/t16-,26+/m1/s1. The number of hydrogen-bond acceptors (Lipinski definition) is 5. The van der Waals surface area contributed by atoms with Crippen molar-refractivity contribution in [1.29, 1.82) is 0 Å². The molecule has 2 atom stereocenters. The molecule has 0 aliphatic carbocycles. The van der Waals surface area contributed by atoms with E-state index in [1.165, 1.54) is 13.2 Å². The molecule has 3 heterocycles. The van der Waals surface area contributed by atoms with E-state index in [0.717, 1.165) is 29.0 Å². The molecule has 5 rings (SSSR count). The summed E-state index contributed by atoms with van der Waals surface area (Å²) in [5.41, 5.74) is 2.75. The minimum atomic E-state index is -2.98. The van der Waals surface area contributed by atoms with Gasteiger partial charge >= 0.3 is 0 Å². The smallest absolute Gasteiger partial charge is 0.257 e. The molecule has 2 aliphatic rings. The zero-order valence-corrected chi connectivity index (χ0v) is 21.2. The van der Waals surface area contributed by atoms with E-state index < -0.39 is 24.3 Å². The number of benzene rings is 2. The lowest BCUT2D eigenvalue weighted by atomic mass is 9.82. The van der Waals surface area contributed by atoms with Crippen molar-refractivity contribution in [3.8, 4) is 11.5 Å². The van der Waals surface area contributed by atoms with Crippen LogP contribution < -0.4 is 9.47 Å². The molecule has 0 unspecified atom stereocenters. The van der Waals surface area contributed by atoms with Crippen molar-refractivity contribution in [3.05, 3.63) is 53.0 Å². The Balaban J connectivity index is 1.50. The lowest BCUT2D eigenvalue weighted by molar-refractivity contribution is -0.0368. The summed E-state index contributed by atoms with van der Waals surface area (Å²) in [6.45, 7) is 4.22. The zero-order chi connectivity index (χ0) is 26.3. The number of aromatic amines is 1. The van der Waals surface area contributed by atoms with Gasteiger partial charge in [0.1, 0.15) is 23.9 Å². The van der Waals surface area contributed by atoms with Crippen LogP contribution in [0.15, 0.2) is 30.5 Å². The molecule has 0 saturated carbocycles. The molecule has 0 amide bonds. The first kappa shape index (κ1) is 25.8. The number of likely N-dealkylation sites (tertiary alicyclic amines) is 1. The maximum atomic E-state index is 15.9. The number of aromatic nitrogens is 2. The Bertz CT molecular complexity index is 1260. The quantitative estimate of drug-likeness (QED) is 0.404. The van der Waals surface area contributed by atoms with Gasteiger partial charge in [-0.25, -0.2) is 13.2 Å². The fraction of sp³-hybridized carbons (Fsp3) is 0.519. The molecule has 1 saturated heterocycles. The van der Waals surface area contributed by atoms with Gasteiger partial charge in [-0.05, 0) is 30.5 Å². The summed E-state index contributed by atoms with van der Waals surface area (Å²) < 4.78 is 68.6. The van der Waals surface area contributed by atoms with Gasteiger partial charge in [0, 0.05) is 56.0 Å². The molecule has 2 aromatic carbocycles. The number of H-pyrrole nitrogens is 1. The molecular formula is C27H32F4N4O2. The monoisotopic (exact) mass is 520 g/mol. The SMILES string of the molecule is COc1cc(OCCN2CC(CF)C2)cc(F)c1[C@@H]1c2ccc3[nH]ncc3c2C[C@@H](C)N1CC(C)(F)F. The van der Waals surface area contributed by atoms with E-state index in [1.807, 2.05) is 19.1 Å². The van der Waals surface area contributed by atoms with Gasteiger partial charge in [-0.1, -0.05) is 6.07 Å². The van der Waals surface area contributed by atoms with Crippen LogP contribution in [0, 0.1) is 11.7 Å². The first-order chi connectivity index (χ1) is 17.7. The molecule has 1 aromatic heterocycles. The summed E-state index contributed by atoms with van der Waals surface area (Å²) in [6.07, 6.45) is 2.25. The van der Waals surface area contributed by atoms with Crippen molar-refractivity contribution in [2.45, 2.75) is 38.3 Å². The summed E-state index contributed by atoms with van der Waals surface area (Å²) >= 11 is 0. The Morgan fingerprint density at radius 2 is 2.00 bits per heavy atom. The first-order valence-corrected chi connectivity index (χ1v) is 12.6. The van der Waals surface area contributed by atoms with E-state index in [2.05, 4.69) is 15.1 Å². The van der Waals surface area contributed by atoms with Gasteiger partial charge in [0.2, 0.25) is 0 Å². The van der Waals surface area contributed by atoms with Gasteiger partial charge in [-0.15, -0.1) is 0 Å². The van der Waals surface area contributed by atoms with E-state index in [0.29, 0.717) is 38.4 Å². The minimum Gasteiger partial charge on any atom is -0.496 e. The van der Waals surface area contributed by atoms with E-state index in [-0.39, 0.29) is 29.9 Å². The van der Waals surface area contributed by atoms with Crippen LogP contribution in [0.1, 0.15) is 36.6 Å². The molecule has 3 aromatic rings. The molecule has 37 heavy (non-hydrogen) atoms. The Labute approximate surface area is 213 Å². The van der Waals surface area contributed by atoms with Crippen LogP contribution in [0.5, 0.6) is 11.5 Å². The molecule has 0 bridgehead atoms. The molecular weight excluding hydrogens is 488 g/mol. The lowest BCUT2D eigenvalue weighted by Gasteiger charge is -2.43. The Morgan fingerprint density at radius 3 is 2.70 bits per heavy atom. The number of alkyl halides is 3. The second-order valence-electron chi connectivity index (χ2n) is 10.3. The highest BCUT2D eigenvalue weighted by atomic mass is 19.3. The summed E-state index contributed by atoms with van der Waals surface area (Å²) in [7, 11) is 1.43. The van der Waals surface area contributed by atoms with Crippen LogP contribution >= 0.6 is 0 Å². The van der Waals surface area contributed by atoms with Crippen molar-refractivity contribution < 1.29 is 27.0 Å². The molecule has 10 heteroatoms. The van der Waals surface area contributed by atoms with Crippen molar-refractivity contribution in [1.82, 2.24) is 20.0 Å². The van der Waals surface area contributed by atoms with Crippen molar-refractivity contribution in [3.63, 3.8) is 0 Å². The molecule has 0 spiro atoms. The predicted octanol–water partition coefficient (Wildman–Crippen LogP) is 4.98. The normalized spacial score (nSPS) is 21.2. The van der Waals surface area contributed by atoms with Crippen LogP contribution in [0.3, 0.4) is 0 Å². The summed E-state index contributed by atoms with van der Waals surface area (Å²) in [6, 6.07) is 5.53. The average molecular weight is 521 g/mol. The van der Waals surface area contributed by atoms with Gasteiger partial charge in [-0.2, -0.15) is 5.10 Å². The fourth-order valence-corrected chi connectivity index (χ4v) is 5.65. The maximum Gasteiger partial charge on any atom is 0.257 e. The molecule has 1 fully saturated rings. The van der Waals surface area contributed by atoms with Crippen LogP contribution in [0.4, 0.5) is 17.6 Å². The predicted molar refractivity (Wildman–Crippen MR) is 133 cm³/mol. The summed E-state index contributed by atoms with van der Waals surface area (Å²) in [5.74, 6) is -2.95. The van der Waals surface area contributed by atoms with Gasteiger partial charge < -0.3 is 9.47 Å². The number of ether oxygens (including phenoxy) is 2. The third-order valence-electron chi connectivity index (χ3n) is 7.41. The van der Waals surface area contributed by atoms with Crippen LogP contribution in [0.2, 0.25) is 0 Å². The number of nitrogens with zero attached hydrogens (tertiary/aromatic N) is 3. The van der Waals surface area contributed by atoms with Gasteiger partial charge in [-0.3, -0.25) is 19.3 Å². The highest BCUT2D eigenvalue weighted by molar-refractivity contribution is 5.83. The number of hydrogen-bond donors (Lipinski definition) is 1. The highest BCUT2D eigenvalue weighted by Crippen LogP contribution is 2.46. The van der Waals surface area contributed by atoms with E-state index in [4.69, 9.17) is 9.47 Å². The van der Waals surface area contributed by atoms with E-state index in [9.17, 15) is 13.2 Å². The second kappa shape index (κ2) is 10.1. The zero-order valence-electron chi connectivity index (χ0n) is 21.2. The van der Waals surface area contributed by atoms with E-state index in [1.54, 1.807) is 17.2 Å². The number of fused-ring (bicyclic) bond motifs is 3. The van der Waals surface area contributed by atoms with Gasteiger partial charge in [0.15, 0.2) is 0 Å². The average Bonchev–Trinajstić information content (AvgIpc) is 3.30. The Morgan fingerprint density at radius 1 is 1.22 bits per heavy atom. The highest BCUT2D eigenvalue weighted by Gasteiger charge is 2.41. The number of rotatable bonds is 9. The lowest BCUT2D eigenvalue weighted by Crippen LogP contribution is -2.49. The molecule has 2 aliphatic heterocycles. The van der Waals surface area contributed by atoms with Crippen molar-refractivity contribution in [2.75, 3.05) is 46.6 Å². The second-order valence-corrected chi connectivity index (χ2v) is 10.3. The number of nitrogens with one attached hydrogen (secondary N) is 1. The molecule has 200 valence electrons. The Kier molecular flexibility index (Phi) is 7.06. The van der Waals surface area contributed by atoms with E-state index >= 15 is 4.39 Å². The van der Waals surface area contributed by atoms with Crippen LogP contribution in [-0.2, 0) is 6.42 Å². The third-order valence-corrected chi connectivity index (χ3v) is 7.41. The number of halogens is 4. The number of methoxy groups -OCH3 is 1. The van der Waals surface area contributed by atoms with Crippen molar-refractivity contribution >= 4 is 10.9 Å². The van der Waals surface area contributed by atoms with Gasteiger partial charge in [0.05, 0.1) is 43.6 Å². The first-order valence-electron chi connectivity index (χ1n) is 12.6. The third kappa shape index (κ3) is 5.13. The van der Waals surface area contributed by atoms with Gasteiger partial charge in [0.25, 0.3) is 5.92 Å². The minimum absolute atomic E-state index is 0.0827. The molecule has 0 radical (unpaired) electrons. The fourth-order valence-electron chi connectivity index (χ4n) is 5.65. The maximum absolute atomic E-state index is 15.9. The molecule has 1 N–H and O–H groups in total. The van der Waals surface area contributed by atoms with Crippen molar-refractivity contribution in [2.24, 2.45) is 5.92 Å². The van der Waals surface area contributed by atoms with Crippen LogP contribution in [0.25, 0.3) is 10.9 Å². The summed E-state index contributed by atoms with van der Waals surface area (Å²) in [4.78, 5) is 3.73. The largest absolute Gasteiger partial charge is 0.496 e. The molecule has 6 nitrogen and oxygen atoms in total. The Hall–Kier alpha value is -2.85.